The maximum atomic E-state index is 13.2. The number of β-amino-alcohol motifs (C(OH)–C–C–N with tert-alkyl or cyclic N) is 1. The maximum absolute atomic E-state index is 13.2. The average molecular weight is 507 g/mol. The van der Waals surface area contributed by atoms with Gasteiger partial charge in [0, 0.05) is 55.7 Å². The third-order valence-electron chi connectivity index (χ3n) is 6.68. The molecule has 2 aromatic rings. The number of ether oxygens (including phenoxy) is 2. The van der Waals surface area contributed by atoms with Crippen molar-refractivity contribution in [1.82, 2.24) is 4.90 Å². The predicted molar refractivity (Wildman–Crippen MR) is 138 cm³/mol. The van der Waals surface area contributed by atoms with Crippen LogP contribution in [0.3, 0.4) is 0 Å². The van der Waals surface area contributed by atoms with E-state index < -0.39 is 30.2 Å². The lowest BCUT2D eigenvalue weighted by Crippen LogP contribution is -2.45. The van der Waals surface area contributed by atoms with Crippen molar-refractivity contribution in [3.8, 4) is 12.3 Å². The fraction of sp³-hybridized carbons (Fsp3) is 0.370. The summed E-state index contributed by atoms with van der Waals surface area (Å²) in [5.74, 6) is 1.78. The summed E-state index contributed by atoms with van der Waals surface area (Å²) in [7, 11) is 2.87. The summed E-state index contributed by atoms with van der Waals surface area (Å²) in [5.41, 5.74) is 2.52. The van der Waals surface area contributed by atoms with Crippen molar-refractivity contribution < 1.29 is 29.0 Å². The van der Waals surface area contributed by atoms with E-state index in [1.807, 2.05) is 0 Å². The summed E-state index contributed by atoms with van der Waals surface area (Å²) >= 11 is 0. The van der Waals surface area contributed by atoms with Gasteiger partial charge in [0.15, 0.2) is 0 Å². The van der Waals surface area contributed by atoms with Gasteiger partial charge in [-0.2, -0.15) is 0 Å². The van der Waals surface area contributed by atoms with Crippen LogP contribution in [0.4, 0.5) is 21.9 Å². The van der Waals surface area contributed by atoms with Gasteiger partial charge in [-0.3, -0.25) is 4.79 Å². The number of urea groups is 1. The molecular formula is C27H30N4O6. The molecule has 10 heteroatoms. The Labute approximate surface area is 215 Å². The number of carbonyl (C=O) groups excluding carboxylic acids is 3. The largest absolute Gasteiger partial charge is 0.467 e. The highest BCUT2D eigenvalue weighted by Gasteiger charge is 2.40. The van der Waals surface area contributed by atoms with Crippen LogP contribution < -0.4 is 15.5 Å². The summed E-state index contributed by atoms with van der Waals surface area (Å²) in [4.78, 5) is 41.5. The van der Waals surface area contributed by atoms with Crippen molar-refractivity contribution in [2.24, 2.45) is 0 Å². The molecule has 0 bridgehead atoms. The predicted octanol–water partition coefficient (Wildman–Crippen LogP) is 2.04. The van der Waals surface area contributed by atoms with Crippen molar-refractivity contribution in [2.45, 2.75) is 37.1 Å². The van der Waals surface area contributed by atoms with Gasteiger partial charge in [-0.05, 0) is 48.5 Å². The third-order valence-corrected chi connectivity index (χ3v) is 6.68. The molecule has 2 aliphatic heterocycles. The monoisotopic (exact) mass is 506 g/mol. The van der Waals surface area contributed by atoms with E-state index in [2.05, 4.69) is 16.6 Å². The average Bonchev–Trinajstić information content (AvgIpc) is 3.53. The highest BCUT2D eigenvalue weighted by molar-refractivity contribution is 6.00. The molecule has 2 fully saturated rings. The molecule has 2 saturated heterocycles. The number of carbonyl (C=O) groups is 3. The summed E-state index contributed by atoms with van der Waals surface area (Å²) < 4.78 is 10.3. The van der Waals surface area contributed by atoms with E-state index in [4.69, 9.17) is 15.9 Å². The minimum atomic E-state index is -0.730. The molecule has 10 nitrogen and oxygen atoms in total. The Hall–Kier alpha value is -4.07. The van der Waals surface area contributed by atoms with Gasteiger partial charge in [-0.1, -0.05) is 5.92 Å². The van der Waals surface area contributed by atoms with Crippen LogP contribution in [0.5, 0.6) is 0 Å². The maximum Gasteiger partial charge on any atom is 0.328 e. The first kappa shape index (κ1) is 26.0. The van der Waals surface area contributed by atoms with E-state index in [0.717, 1.165) is 5.69 Å². The first-order valence-corrected chi connectivity index (χ1v) is 11.9. The van der Waals surface area contributed by atoms with Crippen LogP contribution in [0.1, 0.15) is 18.4 Å². The lowest BCUT2D eigenvalue weighted by Gasteiger charge is -2.25. The van der Waals surface area contributed by atoms with Crippen LogP contribution in [0.25, 0.3) is 0 Å². The fourth-order valence-corrected chi connectivity index (χ4v) is 4.71. The zero-order chi connectivity index (χ0) is 26.5. The fourth-order valence-electron chi connectivity index (χ4n) is 4.71. The molecule has 2 aromatic carbocycles. The standard InChI is InChI=1S/C27H30N4O6/c1-4-17-5-7-19(8-6-17)29-27(35)31-16-22(36-2)14-23(31)25(33)28-18-9-11-20(12-10-18)30-15-21(32)13-24(30)26(34)37-3/h1,5-12,21-24,32H,13-16H2,2-3H3,(H,28,33)(H,29,35). The first-order valence-electron chi connectivity index (χ1n) is 11.9. The number of esters is 1. The number of aliphatic hydroxyl groups excluding tert-OH is 1. The molecular weight excluding hydrogens is 476 g/mol. The summed E-state index contributed by atoms with van der Waals surface area (Å²) in [6.45, 7) is 0.579. The van der Waals surface area contributed by atoms with Crippen molar-refractivity contribution in [3.63, 3.8) is 0 Å². The lowest BCUT2D eigenvalue weighted by atomic mass is 10.1. The van der Waals surface area contributed by atoms with Crippen LogP contribution in [-0.4, -0.2) is 79.5 Å². The van der Waals surface area contributed by atoms with Gasteiger partial charge in [-0.25, -0.2) is 9.59 Å². The third kappa shape index (κ3) is 5.85. The van der Waals surface area contributed by atoms with E-state index in [9.17, 15) is 19.5 Å². The molecule has 0 aromatic heterocycles. The normalized spacial score (nSPS) is 22.9. The first-order chi connectivity index (χ1) is 17.8. The van der Waals surface area contributed by atoms with Gasteiger partial charge in [-0.15, -0.1) is 6.42 Å². The van der Waals surface area contributed by atoms with Crippen molar-refractivity contribution in [1.29, 1.82) is 0 Å². The molecule has 4 unspecified atom stereocenters. The topological polar surface area (TPSA) is 120 Å². The van der Waals surface area contributed by atoms with Gasteiger partial charge >= 0.3 is 12.0 Å². The summed E-state index contributed by atoms with van der Waals surface area (Å²) in [6.07, 6.45) is 5.12. The second-order valence-electron chi connectivity index (χ2n) is 9.03. The number of anilines is 3. The Balaban J connectivity index is 1.42. The van der Waals surface area contributed by atoms with E-state index in [1.165, 1.54) is 12.0 Å². The number of aliphatic hydroxyl groups is 1. The molecule has 2 aliphatic rings. The van der Waals surface area contributed by atoms with Crippen molar-refractivity contribution in [2.75, 3.05) is 42.8 Å². The van der Waals surface area contributed by atoms with Gasteiger partial charge in [0.2, 0.25) is 5.91 Å². The van der Waals surface area contributed by atoms with Gasteiger partial charge < -0.3 is 35.0 Å². The van der Waals surface area contributed by atoms with Crippen LogP contribution >= 0.6 is 0 Å². The Kier molecular flexibility index (Phi) is 7.96. The Bertz CT molecular complexity index is 1180. The molecule has 0 radical (unpaired) electrons. The minimum Gasteiger partial charge on any atom is -0.467 e. The SMILES string of the molecule is C#Cc1ccc(NC(=O)N2CC(OC)CC2C(=O)Nc2ccc(N3CC(O)CC3C(=O)OC)cc2)cc1. The van der Waals surface area contributed by atoms with Gasteiger partial charge in [0.25, 0.3) is 0 Å². The van der Waals surface area contributed by atoms with Crippen molar-refractivity contribution in [3.05, 3.63) is 54.1 Å². The smallest absolute Gasteiger partial charge is 0.328 e. The second kappa shape index (κ2) is 11.3. The van der Waals surface area contributed by atoms with E-state index in [1.54, 1.807) is 60.5 Å². The summed E-state index contributed by atoms with van der Waals surface area (Å²) in [6, 6.07) is 12.1. The van der Waals surface area contributed by atoms with E-state index in [-0.39, 0.29) is 18.6 Å². The van der Waals surface area contributed by atoms with Gasteiger partial charge in [0.1, 0.15) is 12.1 Å². The number of likely N-dealkylation sites (tertiary alicyclic amines) is 1. The zero-order valence-electron chi connectivity index (χ0n) is 20.7. The number of hydrogen-bond donors (Lipinski definition) is 3. The number of methoxy groups -OCH3 is 2. The Morgan fingerprint density at radius 3 is 2.22 bits per heavy atom. The molecule has 0 aliphatic carbocycles. The lowest BCUT2D eigenvalue weighted by molar-refractivity contribution is -0.142. The molecule has 194 valence electrons. The highest BCUT2D eigenvalue weighted by Crippen LogP contribution is 2.28. The molecule has 0 spiro atoms. The highest BCUT2D eigenvalue weighted by atomic mass is 16.5. The van der Waals surface area contributed by atoms with Crippen LogP contribution in [-0.2, 0) is 19.1 Å². The van der Waals surface area contributed by atoms with Crippen LogP contribution in [0.2, 0.25) is 0 Å². The zero-order valence-corrected chi connectivity index (χ0v) is 20.7. The molecule has 0 saturated carbocycles. The number of hydrogen-bond acceptors (Lipinski definition) is 7. The van der Waals surface area contributed by atoms with E-state index >= 15 is 0 Å². The molecule has 2 heterocycles. The van der Waals surface area contributed by atoms with Gasteiger partial charge in [0.05, 0.1) is 19.3 Å². The summed E-state index contributed by atoms with van der Waals surface area (Å²) in [5, 5.41) is 15.7. The number of nitrogens with zero attached hydrogens (tertiary/aromatic N) is 2. The van der Waals surface area contributed by atoms with Crippen LogP contribution in [0.15, 0.2) is 48.5 Å². The molecule has 3 N–H and O–H groups in total. The second-order valence-corrected chi connectivity index (χ2v) is 9.03. The van der Waals surface area contributed by atoms with E-state index in [0.29, 0.717) is 36.3 Å². The molecule has 4 rings (SSSR count). The number of terminal acetylenes is 1. The Morgan fingerprint density at radius 2 is 1.59 bits per heavy atom. The van der Waals surface area contributed by atoms with Crippen molar-refractivity contribution >= 4 is 35.0 Å². The quantitative estimate of drug-likeness (QED) is 0.405. The molecule has 4 atom stereocenters. The molecule has 37 heavy (non-hydrogen) atoms. The number of amides is 3. The number of nitrogens with one attached hydrogen (secondary N) is 2. The number of rotatable bonds is 6. The van der Waals surface area contributed by atoms with Crippen LogP contribution in [0, 0.1) is 12.3 Å². The molecule has 3 amide bonds. The number of benzene rings is 2. The minimum absolute atomic E-state index is 0.272. The Morgan fingerprint density at radius 1 is 0.946 bits per heavy atom.